The molecule has 0 bridgehead atoms. The minimum Gasteiger partial charge on any atom is -0.497 e. The number of aliphatic hydroxyl groups is 1. The van der Waals surface area contributed by atoms with Crippen molar-refractivity contribution in [1.29, 1.82) is 0 Å². The summed E-state index contributed by atoms with van der Waals surface area (Å²) in [6.07, 6.45) is -0.231. The van der Waals surface area contributed by atoms with Gasteiger partial charge in [0.1, 0.15) is 17.6 Å². The van der Waals surface area contributed by atoms with Gasteiger partial charge < -0.3 is 30.1 Å². The Kier molecular flexibility index (Phi) is 10.6. The van der Waals surface area contributed by atoms with Crippen molar-refractivity contribution in [2.24, 2.45) is 5.92 Å². The van der Waals surface area contributed by atoms with Crippen LogP contribution in [0.4, 0.5) is 16.2 Å². The molecule has 3 amide bonds. The Hall–Kier alpha value is -4.86. The van der Waals surface area contributed by atoms with E-state index in [1.165, 1.54) is 16.7 Å². The van der Waals surface area contributed by atoms with Crippen LogP contribution in [-0.4, -0.2) is 72.8 Å². The van der Waals surface area contributed by atoms with Crippen molar-refractivity contribution in [3.05, 3.63) is 108 Å². The summed E-state index contributed by atoms with van der Waals surface area (Å²) in [4.78, 5) is 30.5. The zero-order chi connectivity index (χ0) is 32.6. The van der Waals surface area contributed by atoms with E-state index in [1.54, 1.807) is 54.5 Å². The number of amides is 3. The molecule has 1 aliphatic heterocycles. The Labute approximate surface area is 270 Å². The number of hydrogen-bond donors (Lipinski definition) is 3. The quantitative estimate of drug-likeness (QED) is 0.190. The van der Waals surface area contributed by atoms with Crippen molar-refractivity contribution in [1.82, 2.24) is 9.80 Å². The maximum Gasteiger partial charge on any atom is 0.323 e. The maximum absolute atomic E-state index is 13.8. The standard InChI is InChI=1S/C37H42N4O5/c1-25-21-41(26(2)24-42)36(43)33-20-31(39-37(44)38-30-14-17-32(45-4)18-15-30)16-19-34(33)46-35(25)23-40(3)22-27-10-12-29(13-11-27)28-8-6-5-7-9-28/h5-20,25-26,35,42H,21-24H2,1-4H3,(H2,38,39,44)/t25-,26-,35+/m1/s1. The third kappa shape index (κ3) is 8.04. The molecule has 0 aromatic heterocycles. The molecule has 1 aliphatic rings. The van der Waals surface area contributed by atoms with Crippen LogP contribution in [0.2, 0.25) is 0 Å². The van der Waals surface area contributed by atoms with Crippen molar-refractivity contribution in [3.63, 3.8) is 0 Å². The molecular formula is C37H42N4O5. The van der Waals surface area contributed by atoms with Gasteiger partial charge in [-0.2, -0.15) is 0 Å². The molecule has 4 aromatic rings. The number of carbonyl (C=O) groups excluding carboxylic acids is 2. The Morgan fingerprint density at radius 1 is 0.978 bits per heavy atom. The summed E-state index contributed by atoms with van der Waals surface area (Å²) in [5.74, 6) is 0.859. The number of aliphatic hydroxyl groups excluding tert-OH is 1. The lowest BCUT2D eigenvalue weighted by Crippen LogP contribution is -2.49. The second kappa shape index (κ2) is 14.9. The molecule has 3 atom stereocenters. The molecule has 0 saturated carbocycles. The van der Waals surface area contributed by atoms with Crippen LogP contribution in [-0.2, 0) is 6.54 Å². The van der Waals surface area contributed by atoms with Gasteiger partial charge in [0.2, 0.25) is 0 Å². The first-order valence-electron chi connectivity index (χ1n) is 15.5. The molecule has 46 heavy (non-hydrogen) atoms. The van der Waals surface area contributed by atoms with Crippen LogP contribution in [0.25, 0.3) is 11.1 Å². The number of rotatable bonds is 10. The van der Waals surface area contributed by atoms with Gasteiger partial charge >= 0.3 is 6.03 Å². The van der Waals surface area contributed by atoms with E-state index in [0.29, 0.717) is 41.5 Å². The molecule has 5 rings (SSSR count). The molecule has 3 N–H and O–H groups in total. The summed E-state index contributed by atoms with van der Waals surface area (Å²) in [5, 5.41) is 15.6. The Balaban J connectivity index is 1.31. The molecule has 0 unspecified atom stereocenters. The summed E-state index contributed by atoms with van der Waals surface area (Å²) in [6.45, 7) is 5.51. The van der Waals surface area contributed by atoms with Crippen LogP contribution in [0.3, 0.4) is 0 Å². The van der Waals surface area contributed by atoms with Crippen molar-refractivity contribution < 1.29 is 24.2 Å². The second-order valence-corrected chi connectivity index (χ2v) is 11.9. The van der Waals surface area contributed by atoms with E-state index < -0.39 is 12.1 Å². The highest BCUT2D eigenvalue weighted by Gasteiger charge is 2.33. The number of hydrogen-bond acceptors (Lipinski definition) is 6. The first-order chi connectivity index (χ1) is 22.2. The molecule has 9 nitrogen and oxygen atoms in total. The number of likely N-dealkylation sites (N-methyl/N-ethyl adjacent to an activating group) is 1. The SMILES string of the molecule is COc1ccc(NC(=O)Nc2ccc3c(c2)C(=O)N([C@H](C)CO)C[C@@H](C)[C@H](CN(C)Cc2ccc(-c4ccccc4)cc2)O3)cc1. The summed E-state index contributed by atoms with van der Waals surface area (Å²) >= 11 is 0. The first kappa shape index (κ1) is 32.5. The number of nitrogens with zero attached hydrogens (tertiary/aromatic N) is 2. The number of ether oxygens (including phenoxy) is 2. The average molecular weight is 623 g/mol. The number of urea groups is 1. The fourth-order valence-electron chi connectivity index (χ4n) is 5.60. The molecular weight excluding hydrogens is 580 g/mol. The van der Waals surface area contributed by atoms with E-state index in [4.69, 9.17) is 9.47 Å². The lowest BCUT2D eigenvalue weighted by Gasteiger charge is -2.38. The normalized spacial score (nSPS) is 16.9. The number of carbonyl (C=O) groups is 2. The van der Waals surface area contributed by atoms with Crippen molar-refractivity contribution in [3.8, 4) is 22.6 Å². The number of fused-ring (bicyclic) bond motifs is 1. The first-order valence-corrected chi connectivity index (χ1v) is 15.5. The largest absolute Gasteiger partial charge is 0.497 e. The average Bonchev–Trinajstić information content (AvgIpc) is 3.07. The highest BCUT2D eigenvalue weighted by molar-refractivity contribution is 6.02. The van der Waals surface area contributed by atoms with Gasteiger partial charge in [-0.15, -0.1) is 0 Å². The lowest BCUT2D eigenvalue weighted by atomic mass is 9.99. The number of anilines is 2. The van der Waals surface area contributed by atoms with Crippen LogP contribution in [0.5, 0.6) is 11.5 Å². The molecule has 0 saturated heterocycles. The molecule has 0 radical (unpaired) electrons. The molecule has 0 spiro atoms. The fourth-order valence-corrected chi connectivity index (χ4v) is 5.60. The fraction of sp³-hybridized carbons (Fsp3) is 0.297. The maximum atomic E-state index is 13.8. The van der Waals surface area contributed by atoms with Crippen LogP contribution in [0.15, 0.2) is 97.1 Å². The predicted molar refractivity (Wildman–Crippen MR) is 181 cm³/mol. The molecule has 1 heterocycles. The number of methoxy groups -OCH3 is 1. The van der Waals surface area contributed by atoms with Gasteiger partial charge in [0.15, 0.2) is 0 Å². The topological polar surface area (TPSA) is 103 Å². The van der Waals surface area contributed by atoms with E-state index in [2.05, 4.69) is 65.9 Å². The number of benzene rings is 4. The van der Waals surface area contributed by atoms with Gasteiger partial charge in [-0.3, -0.25) is 9.69 Å². The van der Waals surface area contributed by atoms with Gasteiger partial charge in [-0.25, -0.2) is 4.79 Å². The van der Waals surface area contributed by atoms with Crippen LogP contribution >= 0.6 is 0 Å². The second-order valence-electron chi connectivity index (χ2n) is 11.9. The van der Waals surface area contributed by atoms with Gasteiger partial charge in [-0.1, -0.05) is 61.5 Å². The number of nitrogens with one attached hydrogen (secondary N) is 2. The monoisotopic (exact) mass is 622 g/mol. The molecule has 0 fully saturated rings. The summed E-state index contributed by atoms with van der Waals surface area (Å²) in [5.41, 5.74) is 4.93. The van der Waals surface area contributed by atoms with E-state index in [1.807, 2.05) is 25.1 Å². The third-order valence-corrected chi connectivity index (χ3v) is 8.28. The Morgan fingerprint density at radius 2 is 1.63 bits per heavy atom. The summed E-state index contributed by atoms with van der Waals surface area (Å²) in [7, 11) is 3.64. The van der Waals surface area contributed by atoms with Gasteiger partial charge in [0.05, 0.1) is 25.3 Å². The molecule has 9 heteroatoms. The smallest absolute Gasteiger partial charge is 0.323 e. The van der Waals surface area contributed by atoms with E-state index in [-0.39, 0.29) is 24.5 Å². The Morgan fingerprint density at radius 3 is 2.30 bits per heavy atom. The molecule has 0 aliphatic carbocycles. The van der Waals surface area contributed by atoms with Crippen LogP contribution < -0.4 is 20.1 Å². The summed E-state index contributed by atoms with van der Waals surface area (Å²) in [6, 6.07) is 30.1. The van der Waals surface area contributed by atoms with Gasteiger partial charge in [-0.05, 0) is 73.1 Å². The minimum absolute atomic E-state index is 0.0120. The van der Waals surface area contributed by atoms with Crippen molar-refractivity contribution in [2.75, 3.05) is 44.5 Å². The van der Waals surface area contributed by atoms with Crippen LogP contribution in [0, 0.1) is 5.92 Å². The minimum atomic E-state index is -0.449. The van der Waals surface area contributed by atoms with Gasteiger partial charge in [0.25, 0.3) is 5.91 Å². The van der Waals surface area contributed by atoms with Crippen molar-refractivity contribution in [2.45, 2.75) is 32.5 Å². The van der Waals surface area contributed by atoms with E-state index in [9.17, 15) is 14.7 Å². The van der Waals surface area contributed by atoms with E-state index >= 15 is 0 Å². The Bertz CT molecular complexity index is 1610. The van der Waals surface area contributed by atoms with Crippen LogP contribution in [0.1, 0.15) is 29.8 Å². The highest BCUT2D eigenvalue weighted by Crippen LogP contribution is 2.31. The third-order valence-electron chi connectivity index (χ3n) is 8.28. The highest BCUT2D eigenvalue weighted by atomic mass is 16.5. The van der Waals surface area contributed by atoms with E-state index in [0.717, 1.165) is 6.54 Å². The van der Waals surface area contributed by atoms with Gasteiger partial charge in [0, 0.05) is 36.9 Å². The summed E-state index contributed by atoms with van der Waals surface area (Å²) < 4.78 is 11.7. The van der Waals surface area contributed by atoms with Crippen molar-refractivity contribution >= 4 is 23.3 Å². The molecule has 4 aromatic carbocycles. The zero-order valence-electron chi connectivity index (χ0n) is 26.8. The zero-order valence-corrected chi connectivity index (χ0v) is 26.8. The predicted octanol–water partition coefficient (Wildman–Crippen LogP) is 6.36. The molecule has 240 valence electrons. The lowest BCUT2D eigenvalue weighted by molar-refractivity contribution is 0.0341.